The van der Waals surface area contributed by atoms with Crippen molar-refractivity contribution in [3.63, 3.8) is 0 Å². The molecule has 100 valence electrons. The van der Waals surface area contributed by atoms with E-state index in [9.17, 15) is 10.4 Å². The first-order valence-corrected chi connectivity index (χ1v) is 7.41. The second-order valence-corrected chi connectivity index (χ2v) is 6.20. The minimum absolute atomic E-state index is 0.338. The smallest absolute Gasteiger partial charge is 0.0878 e. The summed E-state index contributed by atoms with van der Waals surface area (Å²) in [4.78, 5) is 0. The summed E-state index contributed by atoms with van der Waals surface area (Å²) >= 11 is 0. The Bertz CT molecular complexity index is 498. The van der Waals surface area contributed by atoms with Crippen LogP contribution in [-0.2, 0) is 12.8 Å². The number of nitrogens with zero attached hydrogens (tertiary/aromatic N) is 1. The molecule has 1 fully saturated rings. The molecule has 2 atom stereocenters. The quantitative estimate of drug-likeness (QED) is 0.881. The number of rotatable bonds is 2. The topological polar surface area (TPSA) is 44.0 Å². The predicted molar refractivity (Wildman–Crippen MR) is 74.5 cm³/mol. The summed E-state index contributed by atoms with van der Waals surface area (Å²) in [7, 11) is 0. The van der Waals surface area contributed by atoms with Gasteiger partial charge in [0, 0.05) is 0 Å². The SMILES string of the molecule is N#CC1(C(O)C2CCCC2)CCc2ccccc2C1. The zero-order valence-corrected chi connectivity index (χ0v) is 11.3. The number of aliphatic hydroxyl groups is 1. The van der Waals surface area contributed by atoms with E-state index in [0.29, 0.717) is 5.92 Å². The van der Waals surface area contributed by atoms with Crippen molar-refractivity contribution >= 4 is 0 Å². The number of hydrogen-bond donors (Lipinski definition) is 1. The van der Waals surface area contributed by atoms with E-state index in [2.05, 4.69) is 24.3 Å². The summed E-state index contributed by atoms with van der Waals surface area (Å²) in [6.07, 6.45) is 6.59. The normalized spacial score (nSPS) is 28.6. The molecular formula is C17H21NO. The molecule has 3 rings (SSSR count). The molecule has 1 N–H and O–H groups in total. The Morgan fingerprint density at radius 2 is 1.89 bits per heavy atom. The fraction of sp³-hybridized carbons (Fsp3) is 0.588. The Labute approximate surface area is 115 Å². The molecule has 0 heterocycles. The van der Waals surface area contributed by atoms with Crippen LogP contribution in [0.15, 0.2) is 24.3 Å². The maximum absolute atomic E-state index is 10.7. The van der Waals surface area contributed by atoms with Gasteiger partial charge in [-0.25, -0.2) is 0 Å². The molecule has 0 aliphatic heterocycles. The highest BCUT2D eigenvalue weighted by Gasteiger charge is 2.44. The number of aryl methyl sites for hydroxylation is 1. The third kappa shape index (κ3) is 2.17. The molecule has 1 aromatic rings. The molecule has 2 aliphatic rings. The van der Waals surface area contributed by atoms with Gasteiger partial charge in [-0.05, 0) is 49.1 Å². The van der Waals surface area contributed by atoms with Crippen LogP contribution in [0.4, 0.5) is 0 Å². The van der Waals surface area contributed by atoms with Crippen LogP contribution in [0.5, 0.6) is 0 Å². The van der Waals surface area contributed by atoms with Crippen LogP contribution >= 0.6 is 0 Å². The van der Waals surface area contributed by atoms with Crippen LogP contribution in [0.25, 0.3) is 0 Å². The fourth-order valence-corrected chi connectivity index (χ4v) is 3.90. The number of hydrogen-bond acceptors (Lipinski definition) is 2. The summed E-state index contributed by atoms with van der Waals surface area (Å²) in [6, 6.07) is 10.8. The maximum Gasteiger partial charge on any atom is 0.0878 e. The van der Waals surface area contributed by atoms with Gasteiger partial charge in [-0.1, -0.05) is 37.1 Å². The van der Waals surface area contributed by atoms with Crippen molar-refractivity contribution in [3.8, 4) is 6.07 Å². The number of aliphatic hydroxyl groups excluding tert-OH is 1. The van der Waals surface area contributed by atoms with E-state index in [1.165, 1.54) is 24.0 Å². The third-order valence-electron chi connectivity index (χ3n) is 5.10. The molecule has 0 saturated heterocycles. The van der Waals surface area contributed by atoms with Crippen LogP contribution in [0, 0.1) is 22.7 Å². The number of benzene rings is 1. The van der Waals surface area contributed by atoms with E-state index in [0.717, 1.165) is 32.1 Å². The van der Waals surface area contributed by atoms with Gasteiger partial charge in [0.15, 0.2) is 0 Å². The monoisotopic (exact) mass is 255 g/mol. The molecule has 1 saturated carbocycles. The molecule has 0 radical (unpaired) electrons. The average Bonchev–Trinajstić information content (AvgIpc) is 3.00. The molecule has 0 bridgehead atoms. The lowest BCUT2D eigenvalue weighted by Gasteiger charge is -2.38. The molecule has 0 amide bonds. The Balaban J connectivity index is 1.87. The van der Waals surface area contributed by atoms with Crippen molar-refractivity contribution in [3.05, 3.63) is 35.4 Å². The highest BCUT2D eigenvalue weighted by molar-refractivity contribution is 5.33. The summed E-state index contributed by atoms with van der Waals surface area (Å²) in [6.45, 7) is 0. The first kappa shape index (κ1) is 12.7. The molecule has 0 aromatic heterocycles. The van der Waals surface area contributed by atoms with Crippen molar-refractivity contribution in [1.29, 1.82) is 5.26 Å². The molecule has 2 aliphatic carbocycles. The molecule has 2 heteroatoms. The van der Waals surface area contributed by atoms with Gasteiger partial charge in [-0.15, -0.1) is 0 Å². The van der Waals surface area contributed by atoms with E-state index in [1.807, 2.05) is 6.07 Å². The lowest BCUT2D eigenvalue weighted by atomic mass is 9.66. The lowest BCUT2D eigenvalue weighted by Crippen LogP contribution is -2.42. The molecule has 1 aromatic carbocycles. The van der Waals surface area contributed by atoms with E-state index >= 15 is 0 Å². The van der Waals surface area contributed by atoms with Crippen LogP contribution < -0.4 is 0 Å². The summed E-state index contributed by atoms with van der Waals surface area (Å²) in [5.74, 6) is 0.338. The lowest BCUT2D eigenvalue weighted by molar-refractivity contribution is 0.00701. The van der Waals surface area contributed by atoms with Crippen molar-refractivity contribution < 1.29 is 5.11 Å². The Morgan fingerprint density at radius 3 is 2.58 bits per heavy atom. The van der Waals surface area contributed by atoms with Gasteiger partial charge >= 0.3 is 0 Å². The van der Waals surface area contributed by atoms with Crippen molar-refractivity contribution in [2.45, 2.75) is 51.0 Å². The van der Waals surface area contributed by atoms with Gasteiger partial charge in [0.2, 0.25) is 0 Å². The van der Waals surface area contributed by atoms with E-state index in [-0.39, 0.29) is 0 Å². The molecule has 0 spiro atoms. The molecule has 2 nitrogen and oxygen atoms in total. The predicted octanol–water partition coefficient (Wildman–Crippen LogP) is 3.24. The number of fused-ring (bicyclic) bond motifs is 1. The highest BCUT2D eigenvalue weighted by atomic mass is 16.3. The van der Waals surface area contributed by atoms with E-state index in [4.69, 9.17) is 0 Å². The average molecular weight is 255 g/mol. The maximum atomic E-state index is 10.7. The largest absolute Gasteiger partial charge is 0.391 e. The van der Waals surface area contributed by atoms with Crippen molar-refractivity contribution in [2.75, 3.05) is 0 Å². The highest BCUT2D eigenvalue weighted by Crippen LogP contribution is 2.43. The fourth-order valence-electron chi connectivity index (χ4n) is 3.90. The second-order valence-electron chi connectivity index (χ2n) is 6.20. The van der Waals surface area contributed by atoms with E-state index < -0.39 is 11.5 Å². The van der Waals surface area contributed by atoms with Gasteiger partial charge in [0.25, 0.3) is 0 Å². The first-order chi connectivity index (χ1) is 9.25. The van der Waals surface area contributed by atoms with Crippen LogP contribution in [0.1, 0.15) is 43.2 Å². The van der Waals surface area contributed by atoms with E-state index in [1.54, 1.807) is 0 Å². The van der Waals surface area contributed by atoms with Crippen LogP contribution in [0.2, 0.25) is 0 Å². The zero-order valence-electron chi connectivity index (χ0n) is 11.3. The summed E-state index contributed by atoms with van der Waals surface area (Å²) < 4.78 is 0. The van der Waals surface area contributed by atoms with Gasteiger partial charge in [0.1, 0.15) is 0 Å². The third-order valence-corrected chi connectivity index (χ3v) is 5.10. The Kier molecular flexibility index (Phi) is 3.33. The Morgan fingerprint density at radius 1 is 1.21 bits per heavy atom. The minimum atomic E-state index is -0.552. The van der Waals surface area contributed by atoms with Gasteiger partial charge in [-0.3, -0.25) is 0 Å². The van der Waals surface area contributed by atoms with Gasteiger partial charge in [0.05, 0.1) is 17.6 Å². The molecule has 19 heavy (non-hydrogen) atoms. The molecular weight excluding hydrogens is 234 g/mol. The second kappa shape index (κ2) is 4.98. The summed E-state index contributed by atoms with van der Waals surface area (Å²) in [5.41, 5.74) is 2.06. The standard InChI is InChI=1S/C17H21NO/c18-12-17(16(19)14-6-2-3-7-14)10-9-13-5-1-4-8-15(13)11-17/h1,4-5,8,14,16,19H,2-3,6-7,9-11H2. The Hall–Kier alpha value is -1.33. The van der Waals surface area contributed by atoms with Crippen LogP contribution in [-0.4, -0.2) is 11.2 Å². The molecule has 2 unspecified atom stereocenters. The van der Waals surface area contributed by atoms with Gasteiger partial charge < -0.3 is 5.11 Å². The zero-order chi connectivity index (χ0) is 13.3. The van der Waals surface area contributed by atoms with Crippen LogP contribution in [0.3, 0.4) is 0 Å². The number of nitriles is 1. The van der Waals surface area contributed by atoms with Crippen molar-refractivity contribution in [2.24, 2.45) is 11.3 Å². The first-order valence-electron chi connectivity index (χ1n) is 7.41. The minimum Gasteiger partial charge on any atom is -0.391 e. The van der Waals surface area contributed by atoms with Crippen molar-refractivity contribution in [1.82, 2.24) is 0 Å². The van der Waals surface area contributed by atoms with Gasteiger partial charge in [-0.2, -0.15) is 5.26 Å². The summed E-state index contributed by atoms with van der Waals surface area (Å²) in [5, 5.41) is 20.4.